The third-order valence-corrected chi connectivity index (χ3v) is 11.4. The summed E-state index contributed by atoms with van der Waals surface area (Å²) in [5, 5.41) is 16.8. The van der Waals surface area contributed by atoms with Crippen molar-refractivity contribution in [1.82, 2.24) is 30.7 Å². The van der Waals surface area contributed by atoms with Gasteiger partial charge in [0.25, 0.3) is 0 Å². The SMILES string of the molecule is O=C(CCCC[C@@H]1SC[C@@H]2NC(=O)N[C@@H]21)NCCOCCOc1nc(-c2ccc3c(c2)OCO3)n(-c2ccc(NC(=O)CSc3ccccc3)cc2)n1. The number of hydrogen-bond donors (Lipinski definition) is 4. The largest absolute Gasteiger partial charge is 0.460 e. The van der Waals surface area contributed by atoms with E-state index in [9.17, 15) is 14.4 Å². The minimum absolute atomic E-state index is 0.000832. The highest BCUT2D eigenvalue weighted by molar-refractivity contribution is 8.00. The van der Waals surface area contributed by atoms with Crippen LogP contribution in [-0.2, 0) is 14.3 Å². The van der Waals surface area contributed by atoms with Crippen LogP contribution in [0.1, 0.15) is 25.7 Å². The van der Waals surface area contributed by atoms with Crippen LogP contribution in [0, 0.1) is 0 Å². The van der Waals surface area contributed by atoms with Gasteiger partial charge in [-0.05, 0) is 67.4 Å². The molecule has 4 aromatic rings. The van der Waals surface area contributed by atoms with Gasteiger partial charge in [-0.2, -0.15) is 16.7 Å². The second kappa shape index (κ2) is 17.7. The number of nitrogens with one attached hydrogen (secondary N) is 4. The summed E-state index contributed by atoms with van der Waals surface area (Å²) in [6, 6.07) is 23.2. The lowest BCUT2D eigenvalue weighted by molar-refractivity contribution is -0.121. The Kier molecular flexibility index (Phi) is 12.2. The van der Waals surface area contributed by atoms with Gasteiger partial charge < -0.3 is 40.2 Å². The predicted octanol–water partition coefficient (Wildman–Crippen LogP) is 4.63. The van der Waals surface area contributed by atoms with Crippen LogP contribution in [-0.4, -0.2) is 94.6 Å². The van der Waals surface area contributed by atoms with E-state index in [-0.39, 0.29) is 55.9 Å². The van der Waals surface area contributed by atoms with Crippen LogP contribution >= 0.6 is 23.5 Å². The van der Waals surface area contributed by atoms with Crippen LogP contribution in [0.2, 0.25) is 0 Å². The Balaban J connectivity index is 0.858. The minimum Gasteiger partial charge on any atom is -0.460 e. The quantitative estimate of drug-likeness (QED) is 0.0635. The normalized spacial score (nSPS) is 18.3. The lowest BCUT2D eigenvalue weighted by Crippen LogP contribution is -2.36. The number of fused-ring (bicyclic) bond motifs is 2. The Labute approximate surface area is 315 Å². The van der Waals surface area contributed by atoms with Crippen LogP contribution in [0.3, 0.4) is 0 Å². The van der Waals surface area contributed by atoms with Crippen molar-refractivity contribution in [2.24, 2.45) is 0 Å². The van der Waals surface area contributed by atoms with E-state index in [2.05, 4.69) is 31.3 Å². The fourth-order valence-corrected chi connectivity index (χ4v) is 8.49. The molecule has 0 bridgehead atoms. The van der Waals surface area contributed by atoms with Gasteiger partial charge in [0.1, 0.15) is 6.61 Å². The fraction of sp³-hybridized carbons (Fsp3) is 0.378. The topological polar surface area (TPSA) is 167 Å². The molecule has 2 saturated heterocycles. The third kappa shape index (κ3) is 9.74. The number of urea groups is 1. The van der Waals surface area contributed by atoms with Gasteiger partial charge >= 0.3 is 12.0 Å². The van der Waals surface area contributed by atoms with Crippen LogP contribution in [0.4, 0.5) is 10.5 Å². The van der Waals surface area contributed by atoms with Crippen molar-refractivity contribution in [2.75, 3.05) is 50.0 Å². The summed E-state index contributed by atoms with van der Waals surface area (Å²) in [5.74, 6) is 2.95. The van der Waals surface area contributed by atoms with Crippen molar-refractivity contribution < 1.29 is 33.3 Å². The first-order valence-electron chi connectivity index (χ1n) is 17.6. The molecule has 1 aromatic heterocycles. The summed E-state index contributed by atoms with van der Waals surface area (Å²) in [5.41, 5.74) is 2.14. The molecular weight excluding hydrogens is 719 g/mol. The van der Waals surface area contributed by atoms with E-state index >= 15 is 0 Å². The highest BCUT2D eigenvalue weighted by Gasteiger charge is 2.42. The second-order valence-corrected chi connectivity index (χ2v) is 14.9. The van der Waals surface area contributed by atoms with E-state index in [4.69, 9.17) is 18.9 Å². The Morgan fingerprint density at radius 1 is 0.962 bits per heavy atom. The molecule has 0 unspecified atom stereocenters. The molecule has 4 amide bonds. The lowest BCUT2D eigenvalue weighted by Gasteiger charge is -2.16. The highest BCUT2D eigenvalue weighted by Crippen LogP contribution is 2.37. The Bertz CT molecular complexity index is 1880. The monoisotopic (exact) mass is 759 g/mol. The third-order valence-electron chi connectivity index (χ3n) is 8.84. The molecule has 7 rings (SSSR count). The molecule has 53 heavy (non-hydrogen) atoms. The molecule has 4 heterocycles. The van der Waals surface area contributed by atoms with Gasteiger partial charge in [-0.25, -0.2) is 9.48 Å². The van der Waals surface area contributed by atoms with E-state index in [1.54, 1.807) is 4.68 Å². The zero-order chi connectivity index (χ0) is 36.4. The number of hydrogen-bond acceptors (Lipinski definition) is 11. The van der Waals surface area contributed by atoms with Crippen molar-refractivity contribution in [1.29, 1.82) is 0 Å². The van der Waals surface area contributed by atoms with E-state index in [0.717, 1.165) is 35.5 Å². The number of carbonyl (C=O) groups excluding carboxylic acids is 3. The number of aromatic nitrogens is 3. The van der Waals surface area contributed by atoms with Crippen molar-refractivity contribution in [3.05, 3.63) is 72.8 Å². The van der Waals surface area contributed by atoms with E-state index < -0.39 is 0 Å². The molecule has 4 N–H and O–H groups in total. The van der Waals surface area contributed by atoms with E-state index in [0.29, 0.717) is 59.3 Å². The zero-order valence-corrected chi connectivity index (χ0v) is 30.6. The van der Waals surface area contributed by atoms with Gasteiger partial charge in [-0.15, -0.1) is 16.9 Å². The summed E-state index contributed by atoms with van der Waals surface area (Å²) in [6.07, 6.45) is 3.19. The molecule has 0 aliphatic carbocycles. The molecule has 16 heteroatoms. The molecule has 0 radical (unpaired) electrons. The van der Waals surface area contributed by atoms with Gasteiger partial charge in [-0.1, -0.05) is 24.6 Å². The highest BCUT2D eigenvalue weighted by atomic mass is 32.2. The summed E-state index contributed by atoms with van der Waals surface area (Å²) in [7, 11) is 0. The number of nitrogens with zero attached hydrogens (tertiary/aromatic N) is 3. The van der Waals surface area contributed by atoms with Crippen LogP contribution in [0.15, 0.2) is 77.7 Å². The molecule has 3 aliphatic heterocycles. The van der Waals surface area contributed by atoms with Crippen molar-refractivity contribution in [3.63, 3.8) is 0 Å². The first kappa shape index (κ1) is 36.4. The molecule has 3 aliphatic rings. The standard InChI is InChI=1S/C37H41N7O7S2/c45-32(9-5-4-8-31-34-28(21-53-31)40-36(47)41-34)38-16-17-48-18-19-49-37-42-35(24-10-15-29-30(20-24)51-23-50-29)44(43-37)26-13-11-25(12-14-26)39-33(46)22-52-27-6-2-1-3-7-27/h1-3,6-7,10-15,20,28,31,34H,4-5,8-9,16-19,21-23H2,(H,38,45)(H,39,46)(H2,40,41,47)/t28-,31-,34-/m0/s1. The number of amides is 4. The summed E-state index contributed by atoms with van der Waals surface area (Å²) in [6.45, 7) is 1.40. The molecule has 14 nitrogen and oxygen atoms in total. The zero-order valence-electron chi connectivity index (χ0n) is 29.0. The Morgan fingerprint density at radius 2 is 1.81 bits per heavy atom. The molecule has 3 atom stereocenters. The summed E-state index contributed by atoms with van der Waals surface area (Å²) < 4.78 is 24.3. The lowest BCUT2D eigenvalue weighted by atomic mass is 10.0. The fourth-order valence-electron chi connectivity index (χ4n) is 6.22. The number of rotatable bonds is 18. The first-order chi connectivity index (χ1) is 26.0. The van der Waals surface area contributed by atoms with E-state index in [1.807, 2.05) is 84.6 Å². The maximum Gasteiger partial charge on any atom is 0.336 e. The smallest absolute Gasteiger partial charge is 0.336 e. The van der Waals surface area contributed by atoms with Gasteiger partial charge in [0.05, 0.1) is 36.7 Å². The van der Waals surface area contributed by atoms with Crippen molar-refractivity contribution >= 4 is 47.1 Å². The van der Waals surface area contributed by atoms with Crippen molar-refractivity contribution in [2.45, 2.75) is 47.9 Å². The minimum atomic E-state index is -0.100. The average molecular weight is 760 g/mol. The number of benzene rings is 3. The van der Waals surface area contributed by atoms with Crippen LogP contribution in [0.5, 0.6) is 17.5 Å². The molecule has 3 aromatic carbocycles. The predicted molar refractivity (Wildman–Crippen MR) is 202 cm³/mol. The Hall–Kier alpha value is -4.93. The number of unbranched alkanes of at least 4 members (excludes halogenated alkanes) is 1. The molecule has 278 valence electrons. The molecule has 0 spiro atoms. The maximum atomic E-state index is 12.6. The van der Waals surface area contributed by atoms with Gasteiger partial charge in [0, 0.05) is 40.1 Å². The average Bonchev–Trinajstić information content (AvgIpc) is 3.97. The van der Waals surface area contributed by atoms with E-state index in [1.165, 1.54) is 11.8 Å². The molecule has 0 saturated carbocycles. The van der Waals surface area contributed by atoms with Gasteiger partial charge in [-0.3, -0.25) is 9.59 Å². The van der Waals surface area contributed by atoms with Gasteiger partial charge in [0.2, 0.25) is 18.6 Å². The number of thioether (sulfide) groups is 2. The van der Waals surface area contributed by atoms with Crippen LogP contribution < -0.4 is 35.5 Å². The summed E-state index contributed by atoms with van der Waals surface area (Å²) in [4.78, 5) is 42.1. The van der Waals surface area contributed by atoms with Crippen LogP contribution in [0.25, 0.3) is 17.1 Å². The van der Waals surface area contributed by atoms with Gasteiger partial charge in [0.15, 0.2) is 17.3 Å². The molecule has 2 fully saturated rings. The second-order valence-electron chi connectivity index (χ2n) is 12.6. The maximum absolute atomic E-state index is 12.6. The Morgan fingerprint density at radius 3 is 2.68 bits per heavy atom. The summed E-state index contributed by atoms with van der Waals surface area (Å²) >= 11 is 3.36. The first-order valence-corrected chi connectivity index (χ1v) is 19.6. The number of anilines is 1. The number of carbonyl (C=O) groups is 3. The van der Waals surface area contributed by atoms with Crippen molar-refractivity contribution in [3.8, 4) is 34.6 Å². The molecular formula is C37H41N7O7S2. The number of ether oxygens (including phenoxy) is 4.